The van der Waals surface area contributed by atoms with E-state index in [1.54, 1.807) is 24.3 Å². The van der Waals surface area contributed by atoms with Gasteiger partial charge in [0.15, 0.2) is 0 Å². The van der Waals surface area contributed by atoms with Gasteiger partial charge in [-0.15, -0.1) is 0 Å². The lowest BCUT2D eigenvalue weighted by Gasteiger charge is -2.31. The van der Waals surface area contributed by atoms with E-state index in [1.165, 1.54) is 21.2 Å². The van der Waals surface area contributed by atoms with Crippen molar-refractivity contribution in [3.8, 4) is 0 Å². The van der Waals surface area contributed by atoms with Gasteiger partial charge in [-0.1, -0.05) is 68.9 Å². The van der Waals surface area contributed by atoms with Gasteiger partial charge in [0.05, 0.1) is 16.6 Å². The molecule has 3 amide bonds. The second-order valence-corrected chi connectivity index (χ2v) is 13.6. The number of rotatable bonds is 6. The van der Waals surface area contributed by atoms with Crippen molar-refractivity contribution in [3.63, 3.8) is 0 Å². The molecular formula is C31H27BrN4O4S2. The van der Waals surface area contributed by atoms with Gasteiger partial charge < -0.3 is 10.2 Å². The van der Waals surface area contributed by atoms with Crippen LogP contribution in [0.2, 0.25) is 0 Å². The van der Waals surface area contributed by atoms with Gasteiger partial charge in [-0.3, -0.25) is 23.7 Å². The Morgan fingerprint density at radius 3 is 2.24 bits per heavy atom. The van der Waals surface area contributed by atoms with Gasteiger partial charge in [0.1, 0.15) is 11.8 Å². The molecule has 3 atom stereocenters. The molecule has 1 N–H and O–H groups in total. The van der Waals surface area contributed by atoms with Crippen LogP contribution < -0.4 is 20.0 Å². The summed E-state index contributed by atoms with van der Waals surface area (Å²) in [6.07, 6.45) is 0. The summed E-state index contributed by atoms with van der Waals surface area (Å²) in [5.74, 6) is -2.18. The predicted molar refractivity (Wildman–Crippen MR) is 171 cm³/mol. The van der Waals surface area contributed by atoms with Crippen LogP contribution in [0.25, 0.3) is 0 Å². The molecule has 2 aliphatic rings. The Bertz CT molecular complexity index is 1750. The number of aryl methyl sites for hydroxylation is 1. The third-order valence-corrected chi connectivity index (χ3v) is 10.7. The van der Waals surface area contributed by atoms with E-state index < -0.39 is 17.1 Å². The summed E-state index contributed by atoms with van der Waals surface area (Å²) in [5.41, 5.74) is 4.04. The molecule has 3 heterocycles. The first-order chi connectivity index (χ1) is 20.1. The van der Waals surface area contributed by atoms with Crippen LogP contribution in [0.3, 0.4) is 0 Å². The third-order valence-electron chi connectivity index (χ3n) is 7.54. The van der Waals surface area contributed by atoms with Crippen molar-refractivity contribution in [3.05, 3.63) is 103 Å². The molecule has 2 aliphatic heterocycles. The van der Waals surface area contributed by atoms with Gasteiger partial charge in [-0.2, -0.15) is 0 Å². The topological polar surface area (TPSA) is 91.7 Å². The van der Waals surface area contributed by atoms with Crippen molar-refractivity contribution >= 4 is 73.8 Å². The number of imide groups is 1. The highest BCUT2D eigenvalue weighted by atomic mass is 79.9. The van der Waals surface area contributed by atoms with Crippen LogP contribution in [-0.4, -0.2) is 41.6 Å². The minimum atomic E-state index is -0.743. The summed E-state index contributed by atoms with van der Waals surface area (Å²) in [6, 6.07) is 22.3. The van der Waals surface area contributed by atoms with Crippen LogP contribution >= 0.6 is 39.0 Å². The zero-order valence-electron chi connectivity index (χ0n) is 23.0. The van der Waals surface area contributed by atoms with Crippen LogP contribution in [0, 0.1) is 12.8 Å². The molecule has 0 spiro atoms. The molecule has 0 radical (unpaired) electrons. The molecule has 0 aliphatic carbocycles. The fourth-order valence-electron chi connectivity index (χ4n) is 5.42. The Morgan fingerprint density at radius 1 is 0.929 bits per heavy atom. The molecule has 42 heavy (non-hydrogen) atoms. The molecule has 1 aromatic heterocycles. The molecule has 2 unspecified atom stereocenters. The maximum atomic E-state index is 14.0. The molecule has 1 saturated heterocycles. The number of benzene rings is 3. The molecule has 11 heteroatoms. The van der Waals surface area contributed by atoms with Gasteiger partial charge in [0.25, 0.3) is 0 Å². The van der Waals surface area contributed by atoms with E-state index in [9.17, 15) is 19.2 Å². The lowest BCUT2D eigenvalue weighted by molar-refractivity contribution is -0.122. The number of hydrogen-bond donors (Lipinski definition) is 1. The quantitative estimate of drug-likeness (QED) is 0.275. The molecular weight excluding hydrogens is 636 g/mol. The van der Waals surface area contributed by atoms with Gasteiger partial charge >= 0.3 is 4.87 Å². The number of fused-ring (bicyclic) bond motifs is 2. The highest BCUT2D eigenvalue weighted by Crippen LogP contribution is 2.54. The average Bonchev–Trinajstić information content (AvgIpc) is 3.41. The lowest BCUT2D eigenvalue weighted by Crippen LogP contribution is -2.33. The normalized spacial score (nSPS) is 19.4. The number of thiazole rings is 1. The highest BCUT2D eigenvalue weighted by Gasteiger charge is 2.56. The third kappa shape index (κ3) is 5.10. The monoisotopic (exact) mass is 662 g/mol. The smallest absolute Gasteiger partial charge is 0.308 e. The maximum Gasteiger partial charge on any atom is 0.308 e. The van der Waals surface area contributed by atoms with Crippen molar-refractivity contribution in [2.45, 2.75) is 29.7 Å². The van der Waals surface area contributed by atoms with Gasteiger partial charge in [0.2, 0.25) is 17.7 Å². The van der Waals surface area contributed by atoms with Gasteiger partial charge in [-0.05, 0) is 61.0 Å². The highest BCUT2D eigenvalue weighted by molar-refractivity contribution is 9.10. The minimum Gasteiger partial charge on any atom is -0.378 e. The maximum absolute atomic E-state index is 14.0. The zero-order chi connectivity index (χ0) is 29.7. The minimum absolute atomic E-state index is 0.201. The standard InChI is InChI=1S/C31H27BrN4O4S2/c1-17-4-10-20(11-5-17)33-23(37)16-35-30-27(42-31(35)40)24(18-6-12-21(13-7-18)34(2)3)25-26(41-30)29(39)36(28(25)38)22-14-8-19(32)9-15-22/h4-15,24-26H,16H2,1-3H3,(H,33,37)/t24-,25?,26?/m1/s1. The molecule has 4 aromatic rings. The average molecular weight is 664 g/mol. The first-order valence-corrected chi connectivity index (χ1v) is 15.8. The lowest BCUT2D eigenvalue weighted by atomic mass is 9.83. The summed E-state index contributed by atoms with van der Waals surface area (Å²) in [6.45, 7) is 1.76. The summed E-state index contributed by atoms with van der Waals surface area (Å²) in [5, 5.41) is 2.67. The summed E-state index contributed by atoms with van der Waals surface area (Å²) >= 11 is 5.66. The number of thioether (sulfide) groups is 1. The van der Waals surface area contributed by atoms with Crippen LogP contribution in [-0.2, 0) is 20.9 Å². The van der Waals surface area contributed by atoms with E-state index in [1.807, 2.05) is 74.4 Å². The molecule has 6 rings (SSSR count). The predicted octanol–water partition coefficient (Wildman–Crippen LogP) is 5.48. The van der Waals surface area contributed by atoms with Crippen molar-refractivity contribution in [1.82, 2.24) is 4.57 Å². The molecule has 3 aromatic carbocycles. The Hall–Kier alpha value is -3.67. The van der Waals surface area contributed by atoms with Crippen LogP contribution in [0.1, 0.15) is 21.9 Å². The number of nitrogens with one attached hydrogen (secondary N) is 1. The Morgan fingerprint density at radius 2 is 1.60 bits per heavy atom. The second kappa shape index (κ2) is 11.2. The Labute approximate surface area is 259 Å². The number of hydrogen-bond acceptors (Lipinski definition) is 7. The van der Waals surface area contributed by atoms with E-state index >= 15 is 0 Å². The van der Waals surface area contributed by atoms with E-state index in [2.05, 4.69) is 21.2 Å². The van der Waals surface area contributed by atoms with Crippen molar-refractivity contribution < 1.29 is 14.4 Å². The van der Waals surface area contributed by atoms with Gasteiger partial charge in [0, 0.05) is 40.7 Å². The number of carbonyl (C=O) groups is 3. The van der Waals surface area contributed by atoms with Gasteiger partial charge in [-0.25, -0.2) is 4.90 Å². The summed E-state index contributed by atoms with van der Waals surface area (Å²) in [7, 11) is 3.90. The number of amides is 3. The SMILES string of the molecule is Cc1ccc(NC(=O)Cn2c3c(sc2=O)[C@H](c2ccc(N(C)C)cc2)C2C(=O)N(c4ccc(Br)cc4)C(=O)C2S3)cc1. The van der Waals surface area contributed by atoms with Crippen molar-refractivity contribution in [2.75, 3.05) is 29.2 Å². The first kappa shape index (κ1) is 28.4. The van der Waals surface area contributed by atoms with Crippen molar-refractivity contribution in [2.24, 2.45) is 5.92 Å². The summed E-state index contributed by atoms with van der Waals surface area (Å²) in [4.78, 5) is 58.0. The zero-order valence-corrected chi connectivity index (χ0v) is 26.3. The molecule has 214 valence electrons. The fourth-order valence-corrected chi connectivity index (χ4v) is 8.46. The van der Waals surface area contributed by atoms with E-state index in [0.717, 1.165) is 32.6 Å². The number of anilines is 3. The van der Waals surface area contributed by atoms with Crippen LogP contribution in [0.5, 0.6) is 0 Å². The molecule has 0 bridgehead atoms. The molecule has 1 fully saturated rings. The Balaban J connectivity index is 1.41. The number of aromatic nitrogens is 1. The largest absolute Gasteiger partial charge is 0.378 e. The number of halogens is 1. The second-order valence-electron chi connectivity index (χ2n) is 10.6. The van der Waals surface area contributed by atoms with Crippen LogP contribution in [0.4, 0.5) is 17.1 Å². The van der Waals surface area contributed by atoms with E-state index in [4.69, 9.17) is 0 Å². The fraction of sp³-hybridized carbons (Fsp3) is 0.226. The van der Waals surface area contributed by atoms with Crippen LogP contribution in [0.15, 0.2) is 87.1 Å². The Kier molecular flexibility index (Phi) is 7.59. The van der Waals surface area contributed by atoms with Crippen molar-refractivity contribution in [1.29, 1.82) is 0 Å². The molecule has 8 nitrogen and oxygen atoms in total. The van der Waals surface area contributed by atoms with E-state index in [0.29, 0.717) is 21.3 Å². The summed E-state index contributed by atoms with van der Waals surface area (Å²) < 4.78 is 2.28. The number of nitrogens with zero attached hydrogens (tertiary/aromatic N) is 3. The van der Waals surface area contributed by atoms with E-state index in [-0.39, 0.29) is 29.1 Å². The molecule has 0 saturated carbocycles. The first-order valence-electron chi connectivity index (χ1n) is 13.3. The number of carbonyl (C=O) groups excluding carboxylic acids is 3.